The highest BCUT2D eigenvalue weighted by atomic mass is 28.3. The van der Waals surface area contributed by atoms with Crippen molar-refractivity contribution in [2.24, 2.45) is 0 Å². The average Bonchev–Trinajstić information content (AvgIpc) is 4.01. The van der Waals surface area contributed by atoms with Crippen LogP contribution in [0, 0.1) is 0 Å². The summed E-state index contributed by atoms with van der Waals surface area (Å²) in [7, 11) is -3.00. The SMILES string of the molecule is c1ccc([Si]2(c3ccc4c5ccccc5n(-c5nc(-n6c7ccccc7c7ccccc76)nc(-n6c7ccccc7c7ccccc76)n5)c4c3)c3ccccc3Oc3ccccc32)cc1. The highest BCUT2D eigenvalue weighted by molar-refractivity contribution is 7.20. The van der Waals surface area contributed by atoms with E-state index in [2.05, 4.69) is 232 Å². The van der Waals surface area contributed by atoms with Gasteiger partial charge in [-0.25, -0.2) is 0 Å². The molecule has 1 aliphatic rings. The van der Waals surface area contributed by atoms with E-state index in [4.69, 9.17) is 19.7 Å². The van der Waals surface area contributed by atoms with E-state index in [1.807, 2.05) is 0 Å². The molecule has 0 saturated heterocycles. The molecule has 0 atom stereocenters. The number of benzene rings is 9. The zero-order valence-electron chi connectivity index (χ0n) is 34.9. The van der Waals surface area contributed by atoms with E-state index in [1.165, 1.54) is 20.7 Å². The van der Waals surface area contributed by atoms with Crippen molar-refractivity contribution >= 4 is 94.2 Å². The van der Waals surface area contributed by atoms with E-state index in [0.29, 0.717) is 17.8 Å². The Balaban J connectivity index is 1.12. The van der Waals surface area contributed by atoms with Crippen molar-refractivity contribution in [2.45, 2.75) is 0 Å². The molecule has 7 nitrogen and oxygen atoms in total. The first-order valence-corrected chi connectivity index (χ1v) is 24.0. The van der Waals surface area contributed by atoms with E-state index in [1.54, 1.807) is 0 Å². The van der Waals surface area contributed by atoms with Crippen LogP contribution < -0.4 is 25.5 Å². The van der Waals surface area contributed by atoms with Crippen LogP contribution in [0.3, 0.4) is 0 Å². The first-order chi connectivity index (χ1) is 32.3. The molecule has 0 bridgehead atoms. The summed E-state index contributed by atoms with van der Waals surface area (Å²) < 4.78 is 13.4. The van der Waals surface area contributed by atoms with Crippen molar-refractivity contribution < 1.29 is 4.74 Å². The number of aromatic nitrogens is 6. The second-order valence-corrected chi connectivity index (χ2v) is 20.5. The fraction of sp³-hybridized carbons (Fsp3) is 0. The van der Waals surface area contributed by atoms with Gasteiger partial charge in [-0.05, 0) is 69.3 Å². The third kappa shape index (κ3) is 5.02. The summed E-state index contributed by atoms with van der Waals surface area (Å²) >= 11 is 0. The molecule has 1 aliphatic heterocycles. The van der Waals surface area contributed by atoms with Crippen molar-refractivity contribution in [3.05, 3.63) is 218 Å². The van der Waals surface area contributed by atoms with Crippen LogP contribution in [0.2, 0.25) is 0 Å². The second kappa shape index (κ2) is 13.7. The maximum absolute atomic E-state index is 6.72. The fourth-order valence-corrected chi connectivity index (χ4v) is 15.8. The zero-order valence-corrected chi connectivity index (χ0v) is 35.9. The first-order valence-electron chi connectivity index (χ1n) is 22.0. The molecule has 65 heavy (non-hydrogen) atoms. The molecule has 0 N–H and O–H groups in total. The van der Waals surface area contributed by atoms with Crippen molar-refractivity contribution in [1.82, 2.24) is 28.7 Å². The molecule has 14 rings (SSSR count). The predicted octanol–water partition coefficient (Wildman–Crippen LogP) is 10.6. The van der Waals surface area contributed by atoms with Gasteiger partial charge < -0.3 is 4.74 Å². The van der Waals surface area contributed by atoms with Crippen molar-refractivity contribution in [2.75, 3.05) is 0 Å². The summed E-state index contributed by atoms with van der Waals surface area (Å²) in [5.41, 5.74) is 6.12. The Morgan fingerprint density at radius 3 is 1.06 bits per heavy atom. The Labute approximate surface area is 373 Å². The van der Waals surface area contributed by atoms with E-state index < -0.39 is 8.07 Å². The summed E-state index contributed by atoms with van der Waals surface area (Å²) in [5.74, 6) is 3.39. The van der Waals surface area contributed by atoms with Gasteiger partial charge in [-0.1, -0.05) is 170 Å². The second-order valence-electron chi connectivity index (χ2n) is 16.8. The lowest BCUT2D eigenvalue weighted by molar-refractivity contribution is 0.487. The average molecular weight is 849 g/mol. The summed E-state index contributed by atoms with van der Waals surface area (Å²) in [6.45, 7) is 0. The molecule has 0 spiro atoms. The Morgan fingerprint density at radius 2 is 0.631 bits per heavy atom. The molecule has 8 heteroatoms. The van der Waals surface area contributed by atoms with Crippen molar-refractivity contribution in [3.63, 3.8) is 0 Å². The van der Waals surface area contributed by atoms with Crippen LogP contribution in [0.4, 0.5) is 0 Å². The minimum Gasteiger partial charge on any atom is -0.458 e. The maximum Gasteiger partial charge on any atom is 0.241 e. The van der Waals surface area contributed by atoms with E-state index in [9.17, 15) is 0 Å². The summed E-state index contributed by atoms with van der Waals surface area (Å²) in [5, 5.41) is 11.7. The number of ether oxygens (including phenoxy) is 1. The van der Waals surface area contributed by atoms with Gasteiger partial charge in [-0.2, -0.15) is 15.0 Å². The lowest BCUT2D eigenvalue weighted by Crippen LogP contribution is -2.76. The van der Waals surface area contributed by atoms with Gasteiger partial charge in [-0.15, -0.1) is 0 Å². The smallest absolute Gasteiger partial charge is 0.241 e. The number of nitrogens with zero attached hydrogens (tertiary/aromatic N) is 6. The largest absolute Gasteiger partial charge is 0.458 e. The zero-order chi connectivity index (χ0) is 42.6. The molecule has 4 aromatic heterocycles. The molecule has 0 unspecified atom stereocenters. The minimum atomic E-state index is -3.00. The number of hydrogen-bond donors (Lipinski definition) is 0. The lowest BCUT2D eigenvalue weighted by Gasteiger charge is -2.39. The lowest BCUT2D eigenvalue weighted by atomic mass is 10.1. The summed E-state index contributed by atoms with van der Waals surface area (Å²) in [6, 6.07) is 78.0. The van der Waals surface area contributed by atoms with Crippen molar-refractivity contribution in [1.29, 1.82) is 0 Å². The molecule has 9 aromatic carbocycles. The van der Waals surface area contributed by atoms with Gasteiger partial charge in [-0.3, -0.25) is 13.7 Å². The normalized spacial score (nSPS) is 13.2. The summed E-state index contributed by atoms with van der Waals surface area (Å²) in [6.07, 6.45) is 0. The summed E-state index contributed by atoms with van der Waals surface area (Å²) in [4.78, 5) is 16.6. The molecule has 0 amide bonds. The Bertz CT molecular complexity index is 3790. The number of hydrogen-bond acceptors (Lipinski definition) is 4. The van der Waals surface area contributed by atoms with Gasteiger partial charge in [0.1, 0.15) is 11.5 Å². The van der Waals surface area contributed by atoms with Crippen LogP contribution in [-0.2, 0) is 0 Å². The monoisotopic (exact) mass is 848 g/mol. The quantitative estimate of drug-likeness (QED) is 0.162. The van der Waals surface area contributed by atoms with Crippen LogP contribution in [0.1, 0.15) is 0 Å². The molecule has 13 aromatic rings. The number of fused-ring (bicyclic) bond motifs is 11. The fourth-order valence-electron chi connectivity index (χ4n) is 10.8. The molecule has 0 saturated carbocycles. The molecule has 0 aliphatic carbocycles. The molecule has 5 heterocycles. The topological polar surface area (TPSA) is 62.7 Å². The standard InChI is InChI=1S/C57H36N6OSi/c1-2-18-37(19-3-1)65(53-32-16-14-30-51(53)64-52-31-15-17-33-54(52)65)38-34-35-44-43-24-8-13-29-49(43)63(50(44)36-38)57-59-55(61-45-25-9-4-20-39(45)40-21-5-10-26-46(40)61)58-56(60-57)62-47-27-11-6-22-41(47)42-23-7-12-28-48(42)62/h1-36H. The van der Waals surface area contributed by atoms with Gasteiger partial charge >= 0.3 is 0 Å². The van der Waals surface area contributed by atoms with Crippen LogP contribution in [0.15, 0.2) is 218 Å². The Kier molecular flexibility index (Phi) is 7.58. The third-order valence-electron chi connectivity index (χ3n) is 13.5. The molecular weight excluding hydrogens is 813 g/mol. The van der Waals surface area contributed by atoms with E-state index in [-0.39, 0.29) is 0 Å². The van der Waals surface area contributed by atoms with Gasteiger partial charge in [0.25, 0.3) is 0 Å². The Morgan fingerprint density at radius 1 is 0.292 bits per heavy atom. The van der Waals surface area contributed by atoms with Gasteiger partial charge in [0.05, 0.1) is 33.1 Å². The van der Waals surface area contributed by atoms with Gasteiger partial charge in [0, 0.05) is 32.3 Å². The molecular formula is C57H36N6OSi. The van der Waals surface area contributed by atoms with E-state index in [0.717, 1.165) is 76.9 Å². The number of para-hydroxylation sites is 7. The van der Waals surface area contributed by atoms with Crippen LogP contribution in [-0.4, -0.2) is 36.7 Å². The third-order valence-corrected chi connectivity index (χ3v) is 18.3. The predicted molar refractivity (Wildman–Crippen MR) is 267 cm³/mol. The van der Waals surface area contributed by atoms with Gasteiger partial charge in [0.2, 0.25) is 17.8 Å². The highest BCUT2D eigenvalue weighted by Crippen LogP contribution is 2.37. The van der Waals surface area contributed by atoms with Crippen LogP contribution >= 0.6 is 0 Å². The van der Waals surface area contributed by atoms with Gasteiger partial charge in [0.15, 0.2) is 8.07 Å². The van der Waals surface area contributed by atoms with Crippen molar-refractivity contribution in [3.8, 4) is 29.3 Å². The van der Waals surface area contributed by atoms with Crippen LogP contribution in [0.5, 0.6) is 11.5 Å². The first kappa shape index (κ1) is 35.9. The maximum atomic E-state index is 6.72. The van der Waals surface area contributed by atoms with Crippen LogP contribution in [0.25, 0.3) is 83.3 Å². The molecule has 304 valence electrons. The Hall–Kier alpha value is -8.59. The molecule has 0 radical (unpaired) electrons. The molecule has 0 fully saturated rings. The highest BCUT2D eigenvalue weighted by Gasteiger charge is 2.48. The minimum absolute atomic E-state index is 0.528. The number of rotatable bonds is 5. The van der Waals surface area contributed by atoms with E-state index >= 15 is 0 Å².